The minimum atomic E-state index is -0.729. The van der Waals surface area contributed by atoms with Crippen molar-refractivity contribution < 1.29 is 14.3 Å². The van der Waals surface area contributed by atoms with Crippen LogP contribution in [0.5, 0.6) is 0 Å². The Kier molecular flexibility index (Phi) is 3.96. The van der Waals surface area contributed by atoms with E-state index in [0.717, 1.165) is 0 Å². The number of anilines is 1. The molecule has 86 valence electrons. The number of carbonyl (C=O) groups is 2. The van der Waals surface area contributed by atoms with Crippen LogP contribution in [-0.4, -0.2) is 19.1 Å². The van der Waals surface area contributed by atoms with E-state index in [1.54, 1.807) is 6.07 Å². The zero-order valence-corrected chi connectivity index (χ0v) is 9.17. The third kappa shape index (κ3) is 3.03. The Balaban J connectivity index is 2.82. The van der Waals surface area contributed by atoms with Gasteiger partial charge in [0, 0.05) is 0 Å². The number of methoxy groups -OCH3 is 1. The number of esters is 1. The van der Waals surface area contributed by atoms with Crippen molar-refractivity contribution in [1.82, 2.24) is 5.43 Å². The fourth-order valence-electron chi connectivity index (χ4n) is 1.00. The number of urea groups is 1. The minimum absolute atomic E-state index is 0.211. The van der Waals surface area contributed by atoms with Crippen LogP contribution in [0, 0.1) is 0 Å². The first-order valence-electron chi connectivity index (χ1n) is 4.24. The zero-order valence-electron chi connectivity index (χ0n) is 8.41. The number of primary amides is 1. The average Bonchev–Trinajstić information content (AvgIpc) is 2.25. The number of nitrogens with two attached hydrogens (primary N) is 1. The number of ether oxygens (including phenoxy) is 1. The van der Waals surface area contributed by atoms with E-state index >= 15 is 0 Å². The largest absolute Gasteiger partial charge is 0.465 e. The van der Waals surface area contributed by atoms with Crippen LogP contribution in [-0.2, 0) is 4.74 Å². The number of rotatable bonds is 3. The van der Waals surface area contributed by atoms with Gasteiger partial charge >= 0.3 is 12.0 Å². The fourth-order valence-corrected chi connectivity index (χ4v) is 1.26. The molecule has 0 aliphatic heterocycles. The van der Waals surface area contributed by atoms with E-state index in [9.17, 15) is 9.59 Å². The normalized spacial score (nSPS) is 9.38. The first kappa shape index (κ1) is 12.1. The van der Waals surface area contributed by atoms with Gasteiger partial charge in [0.1, 0.15) is 0 Å². The summed E-state index contributed by atoms with van der Waals surface area (Å²) >= 11 is 5.83. The third-order valence-electron chi connectivity index (χ3n) is 1.70. The summed E-state index contributed by atoms with van der Waals surface area (Å²) < 4.78 is 4.52. The lowest BCUT2D eigenvalue weighted by Crippen LogP contribution is -2.34. The quantitative estimate of drug-likeness (QED) is 0.548. The van der Waals surface area contributed by atoms with Crippen molar-refractivity contribution in [3.8, 4) is 0 Å². The van der Waals surface area contributed by atoms with Gasteiger partial charge in [-0.1, -0.05) is 11.6 Å². The third-order valence-corrected chi connectivity index (χ3v) is 2.02. The van der Waals surface area contributed by atoms with Crippen molar-refractivity contribution in [1.29, 1.82) is 0 Å². The predicted octanol–water partition coefficient (Wildman–Crippen LogP) is 1.12. The Labute approximate surface area is 96.7 Å². The number of hydrogen-bond acceptors (Lipinski definition) is 4. The molecule has 1 aromatic carbocycles. The standard InChI is InChI=1S/C9H10ClN3O3/c1-16-8(14)6-3-2-5(4-7(6)10)12-13-9(11)15/h2-4,12H,1H3,(H3,11,13,15). The Bertz CT molecular complexity index is 422. The maximum absolute atomic E-state index is 11.2. The number of amides is 2. The van der Waals surface area contributed by atoms with Crippen molar-refractivity contribution in [2.45, 2.75) is 0 Å². The summed E-state index contributed by atoms with van der Waals surface area (Å²) in [5.41, 5.74) is 10.3. The van der Waals surface area contributed by atoms with E-state index < -0.39 is 12.0 Å². The minimum Gasteiger partial charge on any atom is -0.465 e. The molecule has 0 radical (unpaired) electrons. The van der Waals surface area contributed by atoms with E-state index in [1.807, 2.05) is 0 Å². The molecule has 0 aromatic heterocycles. The van der Waals surface area contributed by atoms with E-state index in [4.69, 9.17) is 17.3 Å². The van der Waals surface area contributed by atoms with Crippen LogP contribution in [0.15, 0.2) is 18.2 Å². The van der Waals surface area contributed by atoms with Crippen molar-refractivity contribution >= 4 is 29.3 Å². The van der Waals surface area contributed by atoms with Crippen LogP contribution < -0.4 is 16.6 Å². The summed E-state index contributed by atoms with van der Waals surface area (Å²) in [7, 11) is 1.26. The van der Waals surface area contributed by atoms with Crippen LogP contribution in [0.3, 0.4) is 0 Å². The van der Waals surface area contributed by atoms with E-state index in [-0.39, 0.29) is 10.6 Å². The Morgan fingerprint density at radius 2 is 2.12 bits per heavy atom. The lowest BCUT2D eigenvalue weighted by Gasteiger charge is -2.08. The molecule has 2 amide bonds. The molecule has 4 N–H and O–H groups in total. The molecule has 0 aliphatic rings. The second kappa shape index (κ2) is 5.22. The van der Waals surface area contributed by atoms with Gasteiger partial charge in [0.2, 0.25) is 0 Å². The Morgan fingerprint density at radius 3 is 2.62 bits per heavy atom. The number of carbonyl (C=O) groups excluding carboxylic acids is 2. The lowest BCUT2D eigenvalue weighted by atomic mass is 10.2. The second-order valence-corrected chi connectivity index (χ2v) is 3.21. The highest BCUT2D eigenvalue weighted by molar-refractivity contribution is 6.33. The van der Waals surface area contributed by atoms with Gasteiger partial charge in [-0.15, -0.1) is 0 Å². The predicted molar refractivity (Wildman–Crippen MR) is 59.1 cm³/mol. The van der Waals surface area contributed by atoms with E-state index in [2.05, 4.69) is 15.6 Å². The summed E-state index contributed by atoms with van der Waals surface area (Å²) in [6.07, 6.45) is 0. The van der Waals surface area contributed by atoms with Crippen LogP contribution in [0.4, 0.5) is 10.5 Å². The molecule has 0 fully saturated rings. The number of hydrogen-bond donors (Lipinski definition) is 3. The number of nitrogens with one attached hydrogen (secondary N) is 2. The van der Waals surface area contributed by atoms with Gasteiger partial charge in [-0.05, 0) is 18.2 Å². The number of hydrazine groups is 1. The van der Waals surface area contributed by atoms with Crippen LogP contribution in [0.2, 0.25) is 5.02 Å². The molecule has 6 nitrogen and oxygen atoms in total. The van der Waals surface area contributed by atoms with Crippen LogP contribution >= 0.6 is 11.6 Å². The van der Waals surface area contributed by atoms with Crippen LogP contribution in [0.1, 0.15) is 10.4 Å². The average molecular weight is 244 g/mol. The molecule has 0 heterocycles. The molecule has 0 spiro atoms. The molecule has 1 rings (SSSR count). The summed E-state index contributed by atoms with van der Waals surface area (Å²) in [5, 5.41) is 0.211. The molecule has 0 saturated carbocycles. The Morgan fingerprint density at radius 1 is 1.44 bits per heavy atom. The molecule has 0 saturated heterocycles. The van der Waals surface area contributed by atoms with Crippen molar-refractivity contribution in [3.63, 3.8) is 0 Å². The number of benzene rings is 1. The van der Waals surface area contributed by atoms with Gasteiger partial charge in [-0.2, -0.15) is 0 Å². The highest BCUT2D eigenvalue weighted by Crippen LogP contribution is 2.21. The van der Waals surface area contributed by atoms with Gasteiger partial charge in [0.05, 0.1) is 23.4 Å². The van der Waals surface area contributed by atoms with Crippen molar-refractivity contribution in [2.24, 2.45) is 5.73 Å². The van der Waals surface area contributed by atoms with Gasteiger partial charge in [0.25, 0.3) is 0 Å². The first-order valence-corrected chi connectivity index (χ1v) is 4.61. The van der Waals surface area contributed by atoms with Crippen LogP contribution in [0.25, 0.3) is 0 Å². The maximum Gasteiger partial charge on any atom is 0.339 e. The molecule has 0 atom stereocenters. The SMILES string of the molecule is COC(=O)c1ccc(NNC(N)=O)cc1Cl. The summed E-state index contributed by atoms with van der Waals surface area (Å²) in [6.45, 7) is 0. The molecule has 16 heavy (non-hydrogen) atoms. The smallest absolute Gasteiger partial charge is 0.339 e. The van der Waals surface area contributed by atoms with Crippen molar-refractivity contribution in [2.75, 3.05) is 12.5 Å². The molecule has 1 aromatic rings. The Hall–Kier alpha value is -1.95. The molecular formula is C9H10ClN3O3. The molecular weight excluding hydrogens is 234 g/mol. The summed E-state index contributed by atoms with van der Waals surface area (Å²) in [6, 6.07) is 3.75. The van der Waals surface area contributed by atoms with Gasteiger partial charge in [-0.3, -0.25) is 10.9 Å². The zero-order chi connectivity index (χ0) is 12.1. The van der Waals surface area contributed by atoms with E-state index in [1.165, 1.54) is 19.2 Å². The number of halogens is 1. The maximum atomic E-state index is 11.2. The molecule has 0 bridgehead atoms. The lowest BCUT2D eigenvalue weighted by molar-refractivity contribution is 0.0601. The second-order valence-electron chi connectivity index (χ2n) is 2.80. The highest BCUT2D eigenvalue weighted by Gasteiger charge is 2.10. The monoisotopic (exact) mass is 243 g/mol. The summed E-state index contributed by atoms with van der Waals surface area (Å²) in [4.78, 5) is 21.6. The highest BCUT2D eigenvalue weighted by atomic mass is 35.5. The first-order chi connectivity index (χ1) is 7.54. The fraction of sp³-hybridized carbons (Fsp3) is 0.111. The van der Waals surface area contributed by atoms with E-state index in [0.29, 0.717) is 5.69 Å². The topological polar surface area (TPSA) is 93.4 Å². The van der Waals surface area contributed by atoms with Gasteiger partial charge in [0.15, 0.2) is 0 Å². The van der Waals surface area contributed by atoms with Gasteiger partial charge in [-0.25, -0.2) is 9.59 Å². The molecule has 0 aliphatic carbocycles. The van der Waals surface area contributed by atoms with Gasteiger partial charge < -0.3 is 10.5 Å². The van der Waals surface area contributed by atoms with Crippen molar-refractivity contribution in [3.05, 3.63) is 28.8 Å². The molecule has 0 unspecified atom stereocenters. The molecule has 7 heteroatoms. The summed E-state index contributed by atoms with van der Waals surface area (Å²) in [5.74, 6) is -0.528.